The Morgan fingerprint density at radius 3 is 2.83 bits per heavy atom. The molecule has 0 bridgehead atoms. The first-order valence-electron chi connectivity index (χ1n) is 7.10. The summed E-state index contributed by atoms with van der Waals surface area (Å²) in [6.07, 6.45) is 8.52. The maximum atomic E-state index is 6.07. The van der Waals surface area contributed by atoms with Crippen LogP contribution in [0.5, 0.6) is 0 Å². The topological polar surface area (TPSA) is 60.0 Å². The van der Waals surface area contributed by atoms with Gasteiger partial charge in [-0.25, -0.2) is 0 Å². The fraction of sp³-hybridized carbons (Fsp3) is 0.846. The average molecular weight is 249 g/mol. The van der Waals surface area contributed by atoms with E-state index in [-0.39, 0.29) is 0 Å². The lowest BCUT2D eigenvalue weighted by Crippen LogP contribution is -2.46. The Hall–Kier alpha value is -0.940. The lowest BCUT2D eigenvalue weighted by atomic mass is 9.73. The summed E-state index contributed by atoms with van der Waals surface area (Å²) in [7, 11) is 0. The number of hydrogen-bond donors (Lipinski definition) is 1. The molecule has 0 atom stereocenters. The molecule has 5 nitrogen and oxygen atoms in total. The van der Waals surface area contributed by atoms with Gasteiger partial charge in [0.25, 0.3) is 0 Å². The molecule has 0 radical (unpaired) electrons. The summed E-state index contributed by atoms with van der Waals surface area (Å²) in [5.74, 6) is 1.10. The van der Waals surface area contributed by atoms with Crippen LogP contribution in [-0.2, 0) is 13.1 Å². The molecule has 0 aromatic carbocycles. The third-order valence-corrected chi connectivity index (χ3v) is 4.62. The molecule has 0 amide bonds. The Bertz CT molecular complexity index is 394. The fourth-order valence-corrected chi connectivity index (χ4v) is 3.45. The second-order valence-electron chi connectivity index (χ2n) is 5.92. The SMILES string of the molecule is NCC1(CN2CCn3cnnc3C2)CCCCC1. The van der Waals surface area contributed by atoms with E-state index < -0.39 is 0 Å². The highest BCUT2D eigenvalue weighted by molar-refractivity contribution is 4.93. The molecule has 1 aliphatic heterocycles. The van der Waals surface area contributed by atoms with E-state index in [0.717, 1.165) is 38.5 Å². The van der Waals surface area contributed by atoms with Gasteiger partial charge in [-0.2, -0.15) is 0 Å². The van der Waals surface area contributed by atoms with Gasteiger partial charge >= 0.3 is 0 Å². The number of aromatic nitrogens is 3. The molecule has 2 N–H and O–H groups in total. The number of nitrogens with two attached hydrogens (primary N) is 1. The fourth-order valence-electron chi connectivity index (χ4n) is 3.45. The molecule has 3 rings (SSSR count). The number of nitrogens with zero attached hydrogens (tertiary/aromatic N) is 4. The van der Waals surface area contributed by atoms with Gasteiger partial charge in [0.05, 0.1) is 6.54 Å². The number of fused-ring (bicyclic) bond motifs is 1. The third kappa shape index (κ3) is 2.29. The lowest BCUT2D eigenvalue weighted by Gasteiger charge is -2.41. The summed E-state index contributed by atoms with van der Waals surface area (Å²) < 4.78 is 2.16. The predicted molar refractivity (Wildman–Crippen MR) is 69.9 cm³/mol. The maximum absolute atomic E-state index is 6.07. The first-order chi connectivity index (χ1) is 8.81. The van der Waals surface area contributed by atoms with Gasteiger partial charge in [-0.05, 0) is 24.8 Å². The first-order valence-corrected chi connectivity index (χ1v) is 7.10. The van der Waals surface area contributed by atoms with Crippen LogP contribution in [0.1, 0.15) is 37.9 Å². The van der Waals surface area contributed by atoms with E-state index >= 15 is 0 Å². The van der Waals surface area contributed by atoms with E-state index in [1.54, 1.807) is 0 Å². The summed E-state index contributed by atoms with van der Waals surface area (Å²) in [5, 5.41) is 8.17. The standard InChI is InChI=1S/C13H23N5/c14-9-13(4-2-1-3-5-13)10-17-6-7-18-11-15-16-12(18)8-17/h11H,1-10,14H2. The maximum Gasteiger partial charge on any atom is 0.147 e. The average Bonchev–Trinajstić information content (AvgIpc) is 2.87. The van der Waals surface area contributed by atoms with Gasteiger partial charge in [-0.3, -0.25) is 4.90 Å². The van der Waals surface area contributed by atoms with Gasteiger partial charge in [0.2, 0.25) is 0 Å². The van der Waals surface area contributed by atoms with E-state index in [9.17, 15) is 0 Å². The van der Waals surface area contributed by atoms with Crippen LogP contribution in [0.15, 0.2) is 6.33 Å². The third-order valence-electron chi connectivity index (χ3n) is 4.62. The van der Waals surface area contributed by atoms with Crippen LogP contribution >= 0.6 is 0 Å². The van der Waals surface area contributed by atoms with Crippen molar-refractivity contribution in [3.05, 3.63) is 12.2 Å². The molecule has 2 heterocycles. The van der Waals surface area contributed by atoms with Crippen LogP contribution < -0.4 is 5.73 Å². The Kier molecular flexibility index (Phi) is 3.35. The molecule has 18 heavy (non-hydrogen) atoms. The molecular weight excluding hydrogens is 226 g/mol. The van der Waals surface area contributed by atoms with Crippen molar-refractivity contribution < 1.29 is 0 Å². The highest BCUT2D eigenvalue weighted by atomic mass is 15.3. The monoisotopic (exact) mass is 249 g/mol. The molecular formula is C13H23N5. The van der Waals surface area contributed by atoms with Crippen molar-refractivity contribution in [2.45, 2.75) is 45.2 Å². The van der Waals surface area contributed by atoms with E-state index in [2.05, 4.69) is 19.7 Å². The molecule has 100 valence electrons. The zero-order chi connectivity index (χ0) is 12.4. The van der Waals surface area contributed by atoms with E-state index in [1.165, 1.54) is 32.1 Å². The summed E-state index contributed by atoms with van der Waals surface area (Å²) in [6, 6.07) is 0. The summed E-state index contributed by atoms with van der Waals surface area (Å²) in [6.45, 7) is 5.02. The second-order valence-corrected chi connectivity index (χ2v) is 5.92. The lowest BCUT2D eigenvalue weighted by molar-refractivity contribution is 0.0918. The number of rotatable bonds is 3. The summed E-state index contributed by atoms with van der Waals surface area (Å²) >= 11 is 0. The molecule has 0 unspecified atom stereocenters. The molecule has 1 aromatic heterocycles. The van der Waals surface area contributed by atoms with Crippen LogP contribution in [0.3, 0.4) is 0 Å². The van der Waals surface area contributed by atoms with Gasteiger partial charge in [0.15, 0.2) is 0 Å². The zero-order valence-electron chi connectivity index (χ0n) is 11.0. The molecule has 0 spiro atoms. The smallest absolute Gasteiger partial charge is 0.147 e. The van der Waals surface area contributed by atoms with Crippen molar-refractivity contribution in [3.8, 4) is 0 Å². The highest BCUT2D eigenvalue weighted by Crippen LogP contribution is 2.36. The second kappa shape index (κ2) is 4.97. The Morgan fingerprint density at radius 1 is 1.22 bits per heavy atom. The van der Waals surface area contributed by atoms with Crippen molar-refractivity contribution in [2.75, 3.05) is 19.6 Å². The van der Waals surface area contributed by atoms with Crippen molar-refractivity contribution in [1.82, 2.24) is 19.7 Å². The molecule has 1 fully saturated rings. The van der Waals surface area contributed by atoms with Gasteiger partial charge in [-0.15, -0.1) is 10.2 Å². The largest absolute Gasteiger partial charge is 0.330 e. The van der Waals surface area contributed by atoms with E-state index in [1.807, 2.05) is 6.33 Å². The Morgan fingerprint density at radius 2 is 2.06 bits per heavy atom. The van der Waals surface area contributed by atoms with Crippen LogP contribution in [0, 0.1) is 5.41 Å². The highest BCUT2D eigenvalue weighted by Gasteiger charge is 2.33. The Labute approximate surface area is 108 Å². The molecule has 1 saturated carbocycles. The normalized spacial score (nSPS) is 23.8. The first kappa shape index (κ1) is 12.1. The summed E-state index contributed by atoms with van der Waals surface area (Å²) in [4.78, 5) is 2.52. The minimum absolute atomic E-state index is 0.362. The van der Waals surface area contributed by atoms with E-state index in [4.69, 9.17) is 5.73 Å². The van der Waals surface area contributed by atoms with Crippen molar-refractivity contribution in [3.63, 3.8) is 0 Å². The van der Waals surface area contributed by atoms with Crippen LogP contribution in [0.4, 0.5) is 0 Å². The van der Waals surface area contributed by atoms with Crippen LogP contribution in [0.2, 0.25) is 0 Å². The molecule has 0 saturated heterocycles. The minimum atomic E-state index is 0.362. The summed E-state index contributed by atoms with van der Waals surface area (Å²) in [5.41, 5.74) is 6.43. The van der Waals surface area contributed by atoms with Crippen molar-refractivity contribution in [1.29, 1.82) is 0 Å². The predicted octanol–water partition coefficient (Wildman–Crippen LogP) is 1.00. The van der Waals surface area contributed by atoms with E-state index in [0.29, 0.717) is 5.41 Å². The molecule has 1 aromatic rings. The van der Waals surface area contributed by atoms with Crippen LogP contribution in [0.25, 0.3) is 0 Å². The number of hydrogen-bond acceptors (Lipinski definition) is 4. The quantitative estimate of drug-likeness (QED) is 0.868. The van der Waals surface area contributed by atoms with Gasteiger partial charge in [0, 0.05) is 19.6 Å². The van der Waals surface area contributed by atoms with Gasteiger partial charge in [0.1, 0.15) is 12.2 Å². The molecule has 5 heteroatoms. The zero-order valence-corrected chi connectivity index (χ0v) is 11.0. The van der Waals surface area contributed by atoms with Crippen molar-refractivity contribution in [2.24, 2.45) is 11.1 Å². The minimum Gasteiger partial charge on any atom is -0.330 e. The molecule has 1 aliphatic carbocycles. The van der Waals surface area contributed by atoms with Crippen molar-refractivity contribution >= 4 is 0 Å². The Balaban J connectivity index is 1.66. The van der Waals surface area contributed by atoms with Gasteiger partial charge in [-0.1, -0.05) is 19.3 Å². The molecule has 2 aliphatic rings. The van der Waals surface area contributed by atoms with Gasteiger partial charge < -0.3 is 10.3 Å². The van der Waals surface area contributed by atoms with Crippen LogP contribution in [-0.4, -0.2) is 39.3 Å².